The Hall–Kier alpha value is -1.94. The molecular weight excluding hydrogens is 260 g/mol. The van der Waals surface area contributed by atoms with Crippen molar-refractivity contribution >= 4 is 5.82 Å². The first-order chi connectivity index (χ1) is 10.2. The highest BCUT2D eigenvalue weighted by Crippen LogP contribution is 2.18. The van der Waals surface area contributed by atoms with Gasteiger partial charge < -0.3 is 5.32 Å². The molecule has 2 heterocycles. The van der Waals surface area contributed by atoms with Gasteiger partial charge in [-0.1, -0.05) is 13.0 Å². The van der Waals surface area contributed by atoms with Gasteiger partial charge in [0.2, 0.25) is 0 Å². The molecule has 2 aromatic rings. The van der Waals surface area contributed by atoms with Crippen molar-refractivity contribution in [2.75, 3.05) is 12.4 Å². The van der Waals surface area contributed by atoms with Crippen LogP contribution in [0.25, 0.3) is 0 Å². The van der Waals surface area contributed by atoms with Gasteiger partial charge in [0.1, 0.15) is 5.82 Å². The van der Waals surface area contributed by atoms with Crippen LogP contribution in [0.15, 0.2) is 42.9 Å². The van der Waals surface area contributed by atoms with Gasteiger partial charge in [-0.2, -0.15) is 0 Å². The highest BCUT2D eigenvalue weighted by Gasteiger charge is 2.15. The van der Waals surface area contributed by atoms with E-state index in [-0.39, 0.29) is 0 Å². The molecule has 0 spiro atoms. The van der Waals surface area contributed by atoms with Crippen molar-refractivity contribution in [1.29, 1.82) is 0 Å². The van der Waals surface area contributed by atoms with Crippen LogP contribution in [0.5, 0.6) is 0 Å². The van der Waals surface area contributed by atoms with Gasteiger partial charge in [-0.3, -0.25) is 9.88 Å². The maximum absolute atomic E-state index is 4.39. The van der Waals surface area contributed by atoms with Gasteiger partial charge >= 0.3 is 0 Å². The second kappa shape index (κ2) is 7.74. The van der Waals surface area contributed by atoms with Crippen molar-refractivity contribution < 1.29 is 0 Å². The average Bonchev–Trinajstić information content (AvgIpc) is 2.55. The minimum Gasteiger partial charge on any atom is -0.373 e. The van der Waals surface area contributed by atoms with Crippen molar-refractivity contribution in [3.63, 3.8) is 0 Å². The summed E-state index contributed by atoms with van der Waals surface area (Å²) in [6.07, 6.45) is 6.66. The number of nitrogens with one attached hydrogen (secondary N) is 1. The van der Waals surface area contributed by atoms with Gasteiger partial charge in [-0.15, -0.1) is 0 Å². The number of anilines is 1. The van der Waals surface area contributed by atoms with Crippen LogP contribution in [0.3, 0.4) is 0 Å². The molecule has 0 aromatic carbocycles. The van der Waals surface area contributed by atoms with Crippen LogP contribution in [0.4, 0.5) is 5.82 Å². The second-order valence-electron chi connectivity index (χ2n) is 5.28. The lowest BCUT2D eigenvalue weighted by Crippen LogP contribution is -2.32. The fourth-order valence-corrected chi connectivity index (χ4v) is 2.36. The summed E-state index contributed by atoms with van der Waals surface area (Å²) >= 11 is 0. The first-order valence-electron chi connectivity index (χ1n) is 7.49. The van der Waals surface area contributed by atoms with Gasteiger partial charge in [-0.05, 0) is 37.1 Å². The number of hydrogen-bond acceptors (Lipinski definition) is 4. The molecule has 0 aliphatic carbocycles. The Morgan fingerprint density at radius 1 is 1.14 bits per heavy atom. The Kier molecular flexibility index (Phi) is 5.69. The summed E-state index contributed by atoms with van der Waals surface area (Å²) < 4.78 is 0. The molecule has 2 aromatic heterocycles. The standard InChI is InChI=1S/C17H24N4/c1-4-14(2)21(12-15-7-10-19-11-8-15)13-16-6-5-9-20-17(16)18-3/h5-11,14H,4,12-13H2,1-3H3,(H,18,20)/t14-/m1/s1. The van der Waals surface area contributed by atoms with Crippen LogP contribution in [-0.2, 0) is 13.1 Å². The van der Waals surface area contributed by atoms with Crippen LogP contribution < -0.4 is 5.32 Å². The summed E-state index contributed by atoms with van der Waals surface area (Å²) in [6.45, 7) is 6.32. The van der Waals surface area contributed by atoms with Gasteiger partial charge in [0.15, 0.2) is 0 Å². The zero-order chi connectivity index (χ0) is 15.1. The van der Waals surface area contributed by atoms with E-state index in [1.54, 1.807) is 0 Å². The molecule has 4 nitrogen and oxygen atoms in total. The maximum atomic E-state index is 4.39. The lowest BCUT2D eigenvalue weighted by Gasteiger charge is -2.29. The largest absolute Gasteiger partial charge is 0.373 e. The van der Waals surface area contributed by atoms with Crippen molar-refractivity contribution in [3.8, 4) is 0 Å². The lowest BCUT2D eigenvalue weighted by molar-refractivity contribution is 0.186. The smallest absolute Gasteiger partial charge is 0.130 e. The Morgan fingerprint density at radius 3 is 2.57 bits per heavy atom. The highest BCUT2D eigenvalue weighted by atomic mass is 15.2. The highest BCUT2D eigenvalue weighted by molar-refractivity contribution is 5.42. The summed E-state index contributed by atoms with van der Waals surface area (Å²) in [5.41, 5.74) is 2.52. The van der Waals surface area contributed by atoms with Crippen molar-refractivity contribution in [1.82, 2.24) is 14.9 Å². The van der Waals surface area contributed by atoms with Crippen molar-refractivity contribution in [3.05, 3.63) is 54.0 Å². The third-order valence-electron chi connectivity index (χ3n) is 3.85. The zero-order valence-corrected chi connectivity index (χ0v) is 13.1. The van der Waals surface area contributed by atoms with E-state index in [0.717, 1.165) is 25.3 Å². The van der Waals surface area contributed by atoms with E-state index < -0.39 is 0 Å². The molecular formula is C17H24N4. The molecule has 0 radical (unpaired) electrons. The summed E-state index contributed by atoms with van der Waals surface area (Å²) in [6, 6.07) is 8.82. The third kappa shape index (κ3) is 4.26. The summed E-state index contributed by atoms with van der Waals surface area (Å²) in [4.78, 5) is 11.0. The van der Waals surface area contributed by atoms with E-state index in [9.17, 15) is 0 Å². The number of hydrogen-bond donors (Lipinski definition) is 1. The molecule has 0 saturated heterocycles. The summed E-state index contributed by atoms with van der Waals surface area (Å²) in [5, 5.41) is 3.17. The van der Waals surface area contributed by atoms with Crippen LogP contribution in [0.1, 0.15) is 31.4 Å². The van der Waals surface area contributed by atoms with E-state index in [2.05, 4.69) is 52.2 Å². The average molecular weight is 284 g/mol. The molecule has 0 amide bonds. The van der Waals surface area contributed by atoms with Crippen molar-refractivity contribution in [2.45, 2.75) is 39.4 Å². The molecule has 21 heavy (non-hydrogen) atoms. The number of aromatic nitrogens is 2. The zero-order valence-electron chi connectivity index (χ0n) is 13.1. The number of rotatable bonds is 7. The van der Waals surface area contributed by atoms with Crippen LogP contribution in [-0.4, -0.2) is 28.0 Å². The Morgan fingerprint density at radius 2 is 1.90 bits per heavy atom. The van der Waals surface area contributed by atoms with Crippen molar-refractivity contribution in [2.24, 2.45) is 0 Å². The van der Waals surface area contributed by atoms with E-state index in [0.29, 0.717) is 6.04 Å². The Labute approximate surface area is 127 Å². The molecule has 4 heteroatoms. The molecule has 0 saturated carbocycles. The topological polar surface area (TPSA) is 41.1 Å². The fraction of sp³-hybridized carbons (Fsp3) is 0.412. The first-order valence-corrected chi connectivity index (χ1v) is 7.49. The molecule has 112 valence electrons. The lowest BCUT2D eigenvalue weighted by atomic mass is 10.1. The molecule has 0 unspecified atom stereocenters. The SMILES string of the molecule is CC[C@@H](C)N(Cc1ccncc1)Cc1cccnc1NC. The van der Waals surface area contributed by atoms with Crippen LogP contribution >= 0.6 is 0 Å². The molecule has 2 rings (SSSR count). The molecule has 0 bridgehead atoms. The minimum atomic E-state index is 0.517. The van der Waals surface area contributed by atoms with Gasteiger partial charge in [0, 0.05) is 50.3 Å². The molecule has 0 fully saturated rings. The molecule has 0 aliphatic rings. The monoisotopic (exact) mass is 284 g/mol. The normalized spacial score (nSPS) is 12.4. The number of pyridine rings is 2. The van der Waals surface area contributed by atoms with Gasteiger partial charge in [0.25, 0.3) is 0 Å². The predicted octanol–water partition coefficient (Wildman–Crippen LogP) is 3.32. The Balaban J connectivity index is 2.16. The van der Waals surface area contributed by atoms with E-state index in [1.165, 1.54) is 11.1 Å². The second-order valence-corrected chi connectivity index (χ2v) is 5.28. The van der Waals surface area contributed by atoms with E-state index >= 15 is 0 Å². The summed E-state index contributed by atoms with van der Waals surface area (Å²) in [5.74, 6) is 0.959. The van der Waals surface area contributed by atoms with Gasteiger partial charge in [-0.25, -0.2) is 4.98 Å². The Bertz CT molecular complexity index is 541. The van der Waals surface area contributed by atoms with Gasteiger partial charge in [0.05, 0.1) is 0 Å². The van der Waals surface area contributed by atoms with E-state index in [4.69, 9.17) is 0 Å². The van der Waals surface area contributed by atoms with Crippen LogP contribution in [0.2, 0.25) is 0 Å². The van der Waals surface area contributed by atoms with E-state index in [1.807, 2.05) is 31.7 Å². The fourth-order valence-electron chi connectivity index (χ4n) is 2.36. The van der Waals surface area contributed by atoms with Crippen LogP contribution in [0, 0.1) is 0 Å². The molecule has 1 N–H and O–H groups in total. The maximum Gasteiger partial charge on any atom is 0.130 e. The first kappa shape index (κ1) is 15.4. The quantitative estimate of drug-likeness (QED) is 0.847. The summed E-state index contributed by atoms with van der Waals surface area (Å²) in [7, 11) is 1.92. The molecule has 0 aliphatic heterocycles. The minimum absolute atomic E-state index is 0.517. The molecule has 1 atom stereocenters. The predicted molar refractivity (Wildman–Crippen MR) is 87.0 cm³/mol. The third-order valence-corrected chi connectivity index (χ3v) is 3.85. The number of nitrogens with zero attached hydrogens (tertiary/aromatic N) is 3.